The number of ether oxygens (including phenoxy) is 3. The maximum Gasteiger partial charge on any atom is 0.338 e. The van der Waals surface area contributed by atoms with Crippen LogP contribution in [0.5, 0.6) is 11.5 Å². The molecule has 3 rings (SSSR count). The van der Waals surface area contributed by atoms with Crippen LogP contribution in [0, 0.1) is 6.92 Å². The van der Waals surface area contributed by atoms with Gasteiger partial charge in [-0.3, -0.25) is 4.79 Å². The van der Waals surface area contributed by atoms with Gasteiger partial charge in [0.15, 0.2) is 17.3 Å². The summed E-state index contributed by atoms with van der Waals surface area (Å²) in [5, 5.41) is 2.69. The van der Waals surface area contributed by atoms with E-state index < -0.39 is 5.97 Å². The van der Waals surface area contributed by atoms with Gasteiger partial charge in [0.25, 0.3) is 5.91 Å². The molecule has 0 saturated carbocycles. The van der Waals surface area contributed by atoms with Crippen molar-refractivity contribution in [1.29, 1.82) is 0 Å². The molecule has 1 amide bonds. The lowest BCUT2D eigenvalue weighted by molar-refractivity contribution is 0.0471. The minimum Gasteiger partial charge on any atom is -0.493 e. The molecule has 7 nitrogen and oxygen atoms in total. The smallest absolute Gasteiger partial charge is 0.338 e. The zero-order valence-electron chi connectivity index (χ0n) is 16.4. The predicted octanol–water partition coefficient (Wildman–Crippen LogP) is 4.21. The van der Waals surface area contributed by atoms with Crippen LogP contribution in [-0.4, -0.2) is 26.1 Å². The molecule has 3 aromatic rings. The fourth-order valence-electron chi connectivity index (χ4n) is 2.69. The predicted molar refractivity (Wildman–Crippen MR) is 107 cm³/mol. The number of carbonyl (C=O) groups excluding carboxylic acids is 2. The maximum atomic E-state index is 12.3. The summed E-state index contributed by atoms with van der Waals surface area (Å²) in [6, 6.07) is 13.2. The summed E-state index contributed by atoms with van der Waals surface area (Å²) >= 11 is 0. The van der Waals surface area contributed by atoms with E-state index in [4.69, 9.17) is 18.6 Å². The Labute approximate surface area is 168 Å². The first-order chi connectivity index (χ1) is 14.0. The van der Waals surface area contributed by atoms with E-state index in [0.717, 1.165) is 11.1 Å². The van der Waals surface area contributed by atoms with Gasteiger partial charge < -0.3 is 23.9 Å². The molecule has 0 bridgehead atoms. The first kappa shape index (κ1) is 20.0. The molecule has 150 valence electrons. The molecule has 0 radical (unpaired) electrons. The number of benzene rings is 2. The molecule has 1 N–H and O–H groups in total. The molecule has 0 spiro atoms. The van der Waals surface area contributed by atoms with Crippen LogP contribution in [0.1, 0.15) is 32.0 Å². The number of rotatable bonds is 7. The molecular weight excluding hydrogens is 374 g/mol. The van der Waals surface area contributed by atoms with Gasteiger partial charge in [-0.05, 0) is 66.6 Å². The lowest BCUT2D eigenvalue weighted by atomic mass is 10.1. The number of esters is 1. The largest absolute Gasteiger partial charge is 0.493 e. The van der Waals surface area contributed by atoms with Crippen molar-refractivity contribution in [2.45, 2.75) is 13.5 Å². The number of furan rings is 1. The van der Waals surface area contributed by atoms with E-state index in [0.29, 0.717) is 22.7 Å². The van der Waals surface area contributed by atoms with Crippen molar-refractivity contribution in [3.05, 3.63) is 77.2 Å². The van der Waals surface area contributed by atoms with Crippen LogP contribution in [0.25, 0.3) is 0 Å². The highest BCUT2D eigenvalue weighted by atomic mass is 16.5. The Morgan fingerprint density at radius 3 is 2.31 bits per heavy atom. The zero-order chi connectivity index (χ0) is 20.8. The third-order valence-electron chi connectivity index (χ3n) is 4.32. The molecule has 29 heavy (non-hydrogen) atoms. The second kappa shape index (κ2) is 8.97. The van der Waals surface area contributed by atoms with Crippen LogP contribution in [0.2, 0.25) is 0 Å². The van der Waals surface area contributed by atoms with Crippen molar-refractivity contribution >= 4 is 17.6 Å². The number of carbonyl (C=O) groups is 2. The standard InChI is InChI=1S/C22H21NO6/c1-14-11-19(26-2)20(27-3)12-16(14)13-29-22(25)15-6-8-17(9-7-15)23-21(24)18-5-4-10-28-18/h4-12H,13H2,1-3H3,(H,23,24). The van der Waals surface area contributed by atoms with E-state index in [9.17, 15) is 9.59 Å². The molecule has 0 atom stereocenters. The lowest BCUT2D eigenvalue weighted by Crippen LogP contribution is -2.11. The summed E-state index contributed by atoms with van der Waals surface area (Å²) in [5.74, 6) is 0.559. The van der Waals surface area contributed by atoms with Crippen molar-refractivity contribution in [2.24, 2.45) is 0 Å². The normalized spacial score (nSPS) is 10.3. The van der Waals surface area contributed by atoms with Crippen molar-refractivity contribution in [1.82, 2.24) is 0 Å². The van der Waals surface area contributed by atoms with Crippen molar-refractivity contribution in [2.75, 3.05) is 19.5 Å². The fraction of sp³-hybridized carbons (Fsp3) is 0.182. The average Bonchev–Trinajstić information content (AvgIpc) is 3.28. The number of hydrogen-bond acceptors (Lipinski definition) is 6. The lowest BCUT2D eigenvalue weighted by Gasteiger charge is -2.13. The molecule has 0 saturated heterocycles. The first-order valence-electron chi connectivity index (χ1n) is 8.85. The summed E-state index contributed by atoms with van der Waals surface area (Å²) in [5.41, 5.74) is 2.66. The van der Waals surface area contributed by atoms with Crippen LogP contribution in [0.4, 0.5) is 5.69 Å². The second-order valence-corrected chi connectivity index (χ2v) is 6.22. The van der Waals surface area contributed by atoms with Gasteiger partial charge in [0.2, 0.25) is 0 Å². The molecule has 0 fully saturated rings. The van der Waals surface area contributed by atoms with Gasteiger partial charge >= 0.3 is 5.97 Å². The summed E-state index contributed by atoms with van der Waals surface area (Å²) in [6.07, 6.45) is 1.42. The summed E-state index contributed by atoms with van der Waals surface area (Å²) in [4.78, 5) is 24.3. The number of amides is 1. The Bertz CT molecular complexity index is 993. The first-order valence-corrected chi connectivity index (χ1v) is 8.85. The molecule has 0 aliphatic carbocycles. The molecule has 0 aliphatic rings. The summed E-state index contributed by atoms with van der Waals surface area (Å²) < 4.78 is 21.0. The number of nitrogens with one attached hydrogen (secondary N) is 1. The van der Waals surface area contributed by atoms with Gasteiger partial charge in [-0.25, -0.2) is 4.79 Å². The summed E-state index contributed by atoms with van der Waals surface area (Å²) in [7, 11) is 3.12. The van der Waals surface area contributed by atoms with Crippen LogP contribution in [0.15, 0.2) is 59.2 Å². The number of anilines is 1. The minimum atomic E-state index is -0.469. The third-order valence-corrected chi connectivity index (χ3v) is 4.32. The molecule has 2 aromatic carbocycles. The second-order valence-electron chi connectivity index (χ2n) is 6.22. The van der Waals surface area contributed by atoms with Crippen LogP contribution in [0.3, 0.4) is 0 Å². The van der Waals surface area contributed by atoms with E-state index in [-0.39, 0.29) is 18.3 Å². The Kier molecular flexibility index (Phi) is 6.19. The van der Waals surface area contributed by atoms with Crippen molar-refractivity contribution < 1.29 is 28.2 Å². The third kappa shape index (κ3) is 4.76. The SMILES string of the molecule is COc1cc(C)c(COC(=O)c2ccc(NC(=O)c3ccco3)cc2)cc1OC. The fourth-order valence-corrected chi connectivity index (χ4v) is 2.69. The Hall–Kier alpha value is -3.74. The van der Waals surface area contributed by atoms with Gasteiger partial charge in [0.1, 0.15) is 6.61 Å². The van der Waals surface area contributed by atoms with E-state index >= 15 is 0 Å². The Morgan fingerprint density at radius 2 is 1.69 bits per heavy atom. The topological polar surface area (TPSA) is 87.0 Å². The van der Waals surface area contributed by atoms with E-state index in [1.54, 1.807) is 56.7 Å². The van der Waals surface area contributed by atoms with Gasteiger partial charge in [-0.15, -0.1) is 0 Å². The highest BCUT2D eigenvalue weighted by Gasteiger charge is 2.13. The van der Waals surface area contributed by atoms with Gasteiger partial charge in [-0.2, -0.15) is 0 Å². The Balaban J connectivity index is 1.62. The zero-order valence-corrected chi connectivity index (χ0v) is 16.4. The van der Waals surface area contributed by atoms with E-state index in [1.807, 2.05) is 13.0 Å². The molecule has 0 unspecified atom stereocenters. The molecule has 7 heteroatoms. The van der Waals surface area contributed by atoms with Crippen LogP contribution >= 0.6 is 0 Å². The van der Waals surface area contributed by atoms with Gasteiger partial charge in [-0.1, -0.05) is 0 Å². The van der Waals surface area contributed by atoms with Crippen LogP contribution in [-0.2, 0) is 11.3 Å². The molecule has 1 heterocycles. The van der Waals surface area contributed by atoms with E-state index in [2.05, 4.69) is 5.32 Å². The van der Waals surface area contributed by atoms with Crippen LogP contribution < -0.4 is 14.8 Å². The molecular formula is C22H21NO6. The monoisotopic (exact) mass is 395 g/mol. The Morgan fingerprint density at radius 1 is 1.00 bits per heavy atom. The van der Waals surface area contributed by atoms with E-state index in [1.165, 1.54) is 6.26 Å². The summed E-state index contributed by atoms with van der Waals surface area (Å²) in [6.45, 7) is 2.00. The molecule has 1 aromatic heterocycles. The average molecular weight is 395 g/mol. The highest BCUT2D eigenvalue weighted by Crippen LogP contribution is 2.30. The van der Waals surface area contributed by atoms with Crippen molar-refractivity contribution in [3.8, 4) is 11.5 Å². The van der Waals surface area contributed by atoms with Gasteiger partial charge in [0.05, 0.1) is 26.0 Å². The maximum absolute atomic E-state index is 12.3. The number of aryl methyl sites for hydroxylation is 1. The van der Waals surface area contributed by atoms with Crippen molar-refractivity contribution in [3.63, 3.8) is 0 Å². The minimum absolute atomic E-state index is 0.0992. The highest BCUT2D eigenvalue weighted by molar-refractivity contribution is 6.02. The number of methoxy groups -OCH3 is 2. The number of hydrogen-bond donors (Lipinski definition) is 1. The van der Waals surface area contributed by atoms with Gasteiger partial charge in [0, 0.05) is 5.69 Å². The quantitative estimate of drug-likeness (QED) is 0.603. The molecule has 0 aliphatic heterocycles.